The van der Waals surface area contributed by atoms with Crippen molar-refractivity contribution in [2.24, 2.45) is 5.73 Å². The highest BCUT2D eigenvalue weighted by Gasteiger charge is 2.08. The lowest BCUT2D eigenvalue weighted by Crippen LogP contribution is -2.26. The Kier molecular flexibility index (Phi) is 6.11. The van der Waals surface area contributed by atoms with Crippen LogP contribution in [0.4, 0.5) is 5.69 Å². The molecular weight excluding hydrogens is 298 g/mol. The lowest BCUT2D eigenvalue weighted by molar-refractivity contribution is 0.0365. The molecule has 0 bridgehead atoms. The Balaban J connectivity index is 2.63. The number of amidine groups is 1. The molecule has 4 N–H and O–H groups in total. The van der Waals surface area contributed by atoms with Crippen molar-refractivity contribution in [3.8, 4) is 0 Å². The molecule has 0 heterocycles. The van der Waals surface area contributed by atoms with E-state index in [-0.39, 0.29) is 11.9 Å². The quantitative estimate of drug-likeness (QED) is 0.529. The maximum Gasteiger partial charge on any atom is 0.123 e. The van der Waals surface area contributed by atoms with Crippen molar-refractivity contribution in [2.45, 2.75) is 6.10 Å². The van der Waals surface area contributed by atoms with E-state index in [4.69, 9.17) is 20.6 Å². The third kappa shape index (κ3) is 4.29. The Hall–Kier alpha value is -1.11. The standard InChI is InChI=1S/C12H18BrN3O2/c1-17-7-9(18-2)6-16-8-3-4-10(12(14)15)11(13)5-8/h3-5,9,16H,6-7H2,1-2H3,(H3,14,15). The normalized spacial score (nSPS) is 12.2. The second kappa shape index (κ2) is 7.35. The summed E-state index contributed by atoms with van der Waals surface area (Å²) in [6.45, 7) is 1.19. The molecule has 1 aromatic carbocycles. The van der Waals surface area contributed by atoms with Crippen LogP contribution in [-0.2, 0) is 9.47 Å². The highest BCUT2D eigenvalue weighted by molar-refractivity contribution is 9.10. The maximum atomic E-state index is 7.39. The van der Waals surface area contributed by atoms with Crippen molar-refractivity contribution in [3.05, 3.63) is 28.2 Å². The summed E-state index contributed by atoms with van der Waals surface area (Å²) < 4.78 is 11.1. The van der Waals surface area contributed by atoms with E-state index < -0.39 is 0 Å². The summed E-state index contributed by atoms with van der Waals surface area (Å²) in [5.74, 6) is 0.0441. The molecule has 6 heteroatoms. The Bertz CT molecular complexity index is 412. The van der Waals surface area contributed by atoms with Crippen LogP contribution in [0.5, 0.6) is 0 Å². The number of anilines is 1. The molecule has 0 aliphatic carbocycles. The number of rotatable bonds is 7. The Morgan fingerprint density at radius 1 is 1.50 bits per heavy atom. The van der Waals surface area contributed by atoms with Crippen molar-refractivity contribution >= 4 is 27.5 Å². The van der Waals surface area contributed by atoms with E-state index in [1.807, 2.05) is 12.1 Å². The van der Waals surface area contributed by atoms with Gasteiger partial charge in [0.1, 0.15) is 5.84 Å². The van der Waals surface area contributed by atoms with Gasteiger partial charge in [-0.1, -0.05) is 0 Å². The van der Waals surface area contributed by atoms with E-state index >= 15 is 0 Å². The smallest absolute Gasteiger partial charge is 0.123 e. The molecule has 1 unspecified atom stereocenters. The fourth-order valence-electron chi connectivity index (χ4n) is 1.47. The number of benzene rings is 1. The van der Waals surface area contributed by atoms with Gasteiger partial charge in [0.2, 0.25) is 0 Å². The van der Waals surface area contributed by atoms with E-state index in [1.54, 1.807) is 20.3 Å². The molecule has 0 saturated heterocycles. The summed E-state index contributed by atoms with van der Waals surface area (Å²) in [6.07, 6.45) is 0.00117. The number of hydrogen-bond acceptors (Lipinski definition) is 4. The molecular formula is C12H18BrN3O2. The van der Waals surface area contributed by atoms with Crippen LogP contribution in [0.15, 0.2) is 22.7 Å². The number of ether oxygens (including phenoxy) is 2. The van der Waals surface area contributed by atoms with Gasteiger partial charge in [-0.2, -0.15) is 0 Å². The van der Waals surface area contributed by atoms with Crippen LogP contribution in [0.3, 0.4) is 0 Å². The van der Waals surface area contributed by atoms with Crippen LogP contribution in [0, 0.1) is 5.41 Å². The SMILES string of the molecule is COCC(CNc1ccc(C(=N)N)c(Br)c1)OC. The molecule has 18 heavy (non-hydrogen) atoms. The Morgan fingerprint density at radius 2 is 2.22 bits per heavy atom. The molecule has 0 aliphatic heterocycles. The van der Waals surface area contributed by atoms with Crippen molar-refractivity contribution in [1.29, 1.82) is 5.41 Å². The number of nitrogens with two attached hydrogens (primary N) is 1. The van der Waals surface area contributed by atoms with Crippen molar-refractivity contribution in [3.63, 3.8) is 0 Å². The fraction of sp³-hybridized carbons (Fsp3) is 0.417. The minimum Gasteiger partial charge on any atom is -0.384 e. The average molecular weight is 316 g/mol. The predicted molar refractivity (Wildman–Crippen MR) is 76.3 cm³/mol. The summed E-state index contributed by atoms with van der Waals surface area (Å²) in [5, 5.41) is 10.6. The van der Waals surface area contributed by atoms with Crippen molar-refractivity contribution < 1.29 is 9.47 Å². The molecule has 100 valence electrons. The van der Waals surface area contributed by atoms with Gasteiger partial charge in [0.15, 0.2) is 0 Å². The van der Waals surface area contributed by atoms with Gasteiger partial charge in [-0.3, -0.25) is 5.41 Å². The first-order chi connectivity index (χ1) is 8.58. The highest BCUT2D eigenvalue weighted by Crippen LogP contribution is 2.21. The van der Waals surface area contributed by atoms with Gasteiger partial charge in [-0.05, 0) is 34.1 Å². The third-order valence-electron chi connectivity index (χ3n) is 2.48. The van der Waals surface area contributed by atoms with Crippen LogP contribution in [-0.4, -0.2) is 39.3 Å². The van der Waals surface area contributed by atoms with E-state index in [9.17, 15) is 0 Å². The monoisotopic (exact) mass is 315 g/mol. The molecule has 0 aromatic heterocycles. The zero-order valence-corrected chi connectivity index (χ0v) is 12.1. The van der Waals surface area contributed by atoms with Gasteiger partial charge >= 0.3 is 0 Å². The number of nitrogen functional groups attached to an aromatic ring is 1. The first-order valence-electron chi connectivity index (χ1n) is 5.48. The molecule has 0 radical (unpaired) electrons. The number of methoxy groups -OCH3 is 2. The molecule has 0 aliphatic rings. The summed E-state index contributed by atoms with van der Waals surface area (Å²) in [5.41, 5.74) is 7.06. The Morgan fingerprint density at radius 3 is 2.72 bits per heavy atom. The summed E-state index contributed by atoms with van der Waals surface area (Å²) in [6, 6.07) is 5.56. The topological polar surface area (TPSA) is 80.4 Å². The van der Waals surface area contributed by atoms with E-state index in [0.29, 0.717) is 18.7 Å². The van der Waals surface area contributed by atoms with E-state index in [1.165, 1.54) is 0 Å². The average Bonchev–Trinajstić information content (AvgIpc) is 2.34. The predicted octanol–water partition coefficient (Wildman–Crippen LogP) is 1.81. The molecule has 1 atom stereocenters. The zero-order valence-electron chi connectivity index (χ0n) is 10.5. The number of hydrogen-bond donors (Lipinski definition) is 3. The molecule has 0 saturated carbocycles. The van der Waals surface area contributed by atoms with Crippen molar-refractivity contribution in [1.82, 2.24) is 0 Å². The number of nitrogens with one attached hydrogen (secondary N) is 2. The molecule has 1 aromatic rings. The number of halogens is 1. The second-order valence-corrected chi connectivity index (χ2v) is 4.66. The lowest BCUT2D eigenvalue weighted by atomic mass is 10.2. The van der Waals surface area contributed by atoms with Gasteiger partial charge in [0.25, 0.3) is 0 Å². The third-order valence-corrected chi connectivity index (χ3v) is 3.14. The zero-order chi connectivity index (χ0) is 13.5. The fourth-order valence-corrected chi connectivity index (χ4v) is 2.06. The largest absolute Gasteiger partial charge is 0.384 e. The molecule has 0 fully saturated rings. The van der Waals surface area contributed by atoms with Crippen molar-refractivity contribution in [2.75, 3.05) is 32.7 Å². The molecule has 0 spiro atoms. The van der Waals surface area contributed by atoms with Crippen LogP contribution in [0.25, 0.3) is 0 Å². The maximum absolute atomic E-state index is 7.39. The van der Waals surface area contributed by atoms with Gasteiger partial charge in [0, 0.05) is 36.5 Å². The minimum atomic E-state index is 0.00117. The highest BCUT2D eigenvalue weighted by atomic mass is 79.9. The van der Waals surface area contributed by atoms with Crippen LogP contribution < -0.4 is 11.1 Å². The van der Waals surface area contributed by atoms with Gasteiger partial charge in [-0.25, -0.2) is 0 Å². The van der Waals surface area contributed by atoms with Gasteiger partial charge in [0.05, 0.1) is 12.7 Å². The van der Waals surface area contributed by atoms with E-state index in [2.05, 4.69) is 21.2 Å². The molecule has 5 nitrogen and oxygen atoms in total. The lowest BCUT2D eigenvalue weighted by Gasteiger charge is -2.16. The second-order valence-electron chi connectivity index (χ2n) is 3.80. The molecule has 0 amide bonds. The molecule has 1 rings (SSSR count). The van der Waals surface area contributed by atoms with E-state index in [0.717, 1.165) is 10.2 Å². The Labute approximate surface area is 115 Å². The minimum absolute atomic E-state index is 0.00117. The van der Waals surface area contributed by atoms with Crippen LogP contribution in [0.2, 0.25) is 0 Å². The summed E-state index contributed by atoms with van der Waals surface area (Å²) in [4.78, 5) is 0. The van der Waals surface area contributed by atoms with Gasteiger partial charge in [-0.15, -0.1) is 0 Å². The first kappa shape index (κ1) is 14.9. The van der Waals surface area contributed by atoms with Crippen LogP contribution in [0.1, 0.15) is 5.56 Å². The van der Waals surface area contributed by atoms with Crippen LogP contribution >= 0.6 is 15.9 Å². The van der Waals surface area contributed by atoms with Gasteiger partial charge < -0.3 is 20.5 Å². The first-order valence-corrected chi connectivity index (χ1v) is 6.27. The summed E-state index contributed by atoms with van der Waals surface area (Å²) >= 11 is 3.39. The summed E-state index contributed by atoms with van der Waals surface area (Å²) in [7, 11) is 3.30.